The van der Waals surface area contributed by atoms with Crippen LogP contribution in [0.3, 0.4) is 0 Å². The zero-order chi connectivity index (χ0) is 27.9. The Morgan fingerprint density at radius 3 is 2.31 bits per heavy atom. The molecule has 2 aliphatic heterocycles. The van der Waals surface area contributed by atoms with Crippen LogP contribution in [-0.4, -0.2) is 30.0 Å². The summed E-state index contributed by atoms with van der Waals surface area (Å²) in [5.41, 5.74) is 0.424. The Balaban J connectivity index is 1.59. The number of carboxylic acids is 1. The molecular weight excluding hydrogens is 536 g/mol. The summed E-state index contributed by atoms with van der Waals surface area (Å²) in [5.74, 6) is -2.10. The molecule has 2 heterocycles. The van der Waals surface area contributed by atoms with Gasteiger partial charge in [-0.25, -0.2) is 13.8 Å². The van der Waals surface area contributed by atoms with E-state index >= 15 is 4.39 Å². The first-order chi connectivity index (χ1) is 18.5. The molecule has 0 spiro atoms. The van der Waals surface area contributed by atoms with Crippen molar-refractivity contribution < 1.29 is 31.9 Å². The number of nitrogens with zero attached hydrogens (tertiary/aromatic N) is 3. The third-order valence-electron chi connectivity index (χ3n) is 7.23. The van der Waals surface area contributed by atoms with Crippen LogP contribution in [-0.2, 0) is 11.0 Å². The number of fused-ring (bicyclic) bond motifs is 1. The van der Waals surface area contributed by atoms with Crippen LogP contribution in [0.5, 0.6) is 0 Å². The molecule has 1 saturated heterocycles. The highest BCUT2D eigenvalue weighted by molar-refractivity contribution is 7.28. The van der Waals surface area contributed by atoms with Gasteiger partial charge in [-0.3, -0.25) is 4.79 Å². The molecule has 0 radical (unpaired) electrons. The minimum absolute atomic E-state index is 0.00764. The highest BCUT2D eigenvalue weighted by Gasteiger charge is 2.41. The van der Waals surface area contributed by atoms with Gasteiger partial charge in [-0.05, 0) is 55.3 Å². The molecule has 2 unspecified atom stereocenters. The number of benzene rings is 3. The number of carbonyl (C=O) groups is 1. The second-order valence-corrected chi connectivity index (χ2v) is 10.2. The summed E-state index contributed by atoms with van der Waals surface area (Å²) in [7, 11) is 2.14. The molecule has 0 saturated carbocycles. The van der Waals surface area contributed by atoms with Crippen molar-refractivity contribution in [3.05, 3.63) is 83.4 Å². The summed E-state index contributed by atoms with van der Waals surface area (Å²) in [6, 6.07) is 13.1. The number of halogens is 5. The maximum absolute atomic E-state index is 15.0. The van der Waals surface area contributed by atoms with Gasteiger partial charge in [-0.15, -0.1) is 9.24 Å². The molecule has 11 heteroatoms. The van der Waals surface area contributed by atoms with Crippen molar-refractivity contribution in [2.75, 3.05) is 22.9 Å². The van der Waals surface area contributed by atoms with Gasteiger partial charge in [0.1, 0.15) is 23.2 Å². The predicted octanol–water partition coefficient (Wildman–Crippen LogP) is 6.47. The van der Waals surface area contributed by atoms with Gasteiger partial charge in [0, 0.05) is 35.6 Å². The normalized spacial score (nSPS) is 18.1. The molecule has 1 fully saturated rings. The van der Waals surface area contributed by atoms with Crippen molar-refractivity contribution >= 4 is 43.4 Å². The van der Waals surface area contributed by atoms with E-state index in [9.17, 15) is 27.5 Å². The monoisotopic (exact) mass is 561 g/mol. The lowest BCUT2D eigenvalue weighted by molar-refractivity contribution is -0.138. The van der Waals surface area contributed by atoms with Gasteiger partial charge in [-0.1, -0.05) is 18.2 Å². The Morgan fingerprint density at radius 2 is 1.67 bits per heavy atom. The zero-order valence-corrected chi connectivity index (χ0v) is 21.8. The number of alkyl halides is 3. The largest absolute Gasteiger partial charge is 0.481 e. The molecule has 5 nitrogen and oxygen atoms in total. The summed E-state index contributed by atoms with van der Waals surface area (Å²) in [5, 5.41) is 9.63. The lowest BCUT2D eigenvalue weighted by Gasteiger charge is -2.43. The van der Waals surface area contributed by atoms with E-state index in [1.807, 2.05) is 0 Å². The van der Waals surface area contributed by atoms with Gasteiger partial charge in [-0.2, -0.15) is 13.2 Å². The van der Waals surface area contributed by atoms with Crippen LogP contribution in [0, 0.1) is 17.6 Å². The average molecular weight is 561 g/mol. The van der Waals surface area contributed by atoms with Crippen LogP contribution in [0.15, 0.2) is 65.7 Å². The molecule has 204 valence electrons. The Hall–Kier alpha value is -3.52. The predicted molar refractivity (Wildman–Crippen MR) is 143 cm³/mol. The summed E-state index contributed by atoms with van der Waals surface area (Å²) in [6.07, 6.45) is -4.04. The fourth-order valence-electron chi connectivity index (χ4n) is 5.39. The van der Waals surface area contributed by atoms with E-state index in [-0.39, 0.29) is 28.4 Å². The number of hydrogen-bond donors (Lipinski definition) is 1. The summed E-state index contributed by atoms with van der Waals surface area (Å²) >= 11 is 0. The van der Waals surface area contributed by atoms with Crippen LogP contribution in [0.4, 0.5) is 39.0 Å². The van der Waals surface area contributed by atoms with Crippen LogP contribution in [0.2, 0.25) is 0 Å². The number of amidine groups is 1. The maximum atomic E-state index is 15.0. The van der Waals surface area contributed by atoms with Crippen LogP contribution in [0.25, 0.3) is 0 Å². The number of carboxylic acid groups (broad SMARTS) is 1. The first-order valence-corrected chi connectivity index (χ1v) is 13.0. The van der Waals surface area contributed by atoms with Gasteiger partial charge in [0.15, 0.2) is 0 Å². The molecule has 3 aromatic carbocycles. The van der Waals surface area contributed by atoms with E-state index in [0.717, 1.165) is 11.8 Å². The topological polar surface area (TPSA) is 56.1 Å². The molecule has 3 aromatic rings. The summed E-state index contributed by atoms with van der Waals surface area (Å²) in [6.45, 7) is 1.10. The molecule has 2 aliphatic rings. The van der Waals surface area contributed by atoms with Crippen LogP contribution in [0.1, 0.15) is 36.4 Å². The number of aliphatic imine (C=N–C) groups is 1. The molecule has 1 N–H and O–H groups in total. The van der Waals surface area contributed by atoms with E-state index in [2.05, 4.69) is 19.1 Å². The van der Waals surface area contributed by atoms with Crippen molar-refractivity contribution in [1.82, 2.24) is 0 Å². The summed E-state index contributed by atoms with van der Waals surface area (Å²) < 4.78 is 69.9. The van der Waals surface area contributed by atoms with Crippen molar-refractivity contribution in [1.29, 1.82) is 0 Å². The van der Waals surface area contributed by atoms with E-state index < -0.39 is 36.0 Å². The van der Waals surface area contributed by atoms with Crippen molar-refractivity contribution in [2.45, 2.75) is 31.5 Å². The second-order valence-electron chi connectivity index (χ2n) is 9.61. The Kier molecular flexibility index (Phi) is 7.33. The van der Waals surface area contributed by atoms with E-state index in [1.54, 1.807) is 23.1 Å². The van der Waals surface area contributed by atoms with Gasteiger partial charge in [0.2, 0.25) is 0 Å². The zero-order valence-electron chi connectivity index (χ0n) is 20.6. The van der Waals surface area contributed by atoms with Gasteiger partial charge in [0.05, 0.1) is 23.7 Å². The molecule has 2 atom stereocenters. The number of aliphatic carboxylic acids is 1. The highest BCUT2D eigenvalue weighted by Crippen LogP contribution is 2.44. The van der Waals surface area contributed by atoms with Gasteiger partial charge in [0.25, 0.3) is 0 Å². The number of hydrogen-bond acceptors (Lipinski definition) is 4. The number of para-hydroxylation sites is 1. The molecule has 0 aliphatic carbocycles. The van der Waals surface area contributed by atoms with E-state index in [1.165, 1.54) is 36.4 Å². The van der Waals surface area contributed by atoms with Gasteiger partial charge < -0.3 is 14.9 Å². The molecule has 5 rings (SSSR count). The SMILES string of the molecule is O=C(O)CC1c2cccc(F)c2N=C(C2CCN(c3ccc(F)cc3)CC2)N1c1cccc(C(F)(F)F)c1P. The van der Waals surface area contributed by atoms with Crippen molar-refractivity contribution in [2.24, 2.45) is 10.9 Å². The van der Waals surface area contributed by atoms with Crippen molar-refractivity contribution in [3.63, 3.8) is 0 Å². The molecule has 39 heavy (non-hydrogen) atoms. The molecule has 0 amide bonds. The number of piperidine rings is 1. The Bertz CT molecular complexity index is 1420. The van der Waals surface area contributed by atoms with Crippen LogP contribution < -0.4 is 15.1 Å². The van der Waals surface area contributed by atoms with Crippen LogP contribution >= 0.6 is 9.24 Å². The number of anilines is 2. The Morgan fingerprint density at radius 1 is 1.00 bits per heavy atom. The quantitative estimate of drug-likeness (QED) is 0.287. The maximum Gasteiger partial charge on any atom is 0.417 e. The minimum Gasteiger partial charge on any atom is -0.481 e. The Labute approximate surface area is 224 Å². The lowest BCUT2D eigenvalue weighted by Crippen LogP contribution is -2.47. The average Bonchev–Trinajstić information content (AvgIpc) is 2.89. The van der Waals surface area contributed by atoms with E-state index in [4.69, 9.17) is 0 Å². The summed E-state index contributed by atoms with van der Waals surface area (Å²) in [4.78, 5) is 20.2. The van der Waals surface area contributed by atoms with Crippen molar-refractivity contribution in [3.8, 4) is 0 Å². The first-order valence-electron chi connectivity index (χ1n) is 12.4. The standard InChI is InChI=1S/C28H25F5N3O2P/c29-17-7-9-18(10-8-17)35-13-11-16(12-14-35)27-34-25-19(3-1-5-21(25)30)23(15-24(37)38)36(27)22-6-2-4-20(26(22)39)28(31,32)33/h1-10,16,23H,11-15,39H2,(H,37,38). The molecular formula is C28H25F5N3O2P. The fraction of sp³-hybridized carbons (Fsp3) is 0.286. The smallest absolute Gasteiger partial charge is 0.417 e. The minimum atomic E-state index is -4.63. The fourth-order valence-corrected chi connectivity index (χ4v) is 5.89. The first kappa shape index (κ1) is 27.1. The molecule has 0 bridgehead atoms. The lowest BCUT2D eigenvalue weighted by atomic mass is 9.89. The highest BCUT2D eigenvalue weighted by atomic mass is 31.0. The molecule has 0 aromatic heterocycles. The van der Waals surface area contributed by atoms with E-state index in [0.29, 0.717) is 37.3 Å². The second kappa shape index (κ2) is 10.6. The third-order valence-corrected chi connectivity index (χ3v) is 7.84. The number of rotatable bonds is 5. The van der Waals surface area contributed by atoms with Gasteiger partial charge >= 0.3 is 12.1 Å². The third kappa shape index (κ3) is 5.35.